The van der Waals surface area contributed by atoms with Gasteiger partial charge in [-0.1, -0.05) is 19.3 Å². The van der Waals surface area contributed by atoms with Crippen molar-refractivity contribution in [3.63, 3.8) is 0 Å². The van der Waals surface area contributed by atoms with E-state index in [0.717, 1.165) is 23.5 Å². The second-order valence-electron chi connectivity index (χ2n) is 6.54. The van der Waals surface area contributed by atoms with Crippen LogP contribution >= 0.6 is 35.3 Å². The number of thiazole rings is 1. The zero-order valence-electron chi connectivity index (χ0n) is 15.6. The second kappa shape index (κ2) is 10.9. The lowest BCUT2D eigenvalue weighted by molar-refractivity contribution is -0.127. The van der Waals surface area contributed by atoms with Crippen molar-refractivity contribution >= 4 is 47.2 Å². The van der Waals surface area contributed by atoms with E-state index in [1.54, 1.807) is 30.3 Å². The van der Waals surface area contributed by atoms with Crippen LogP contribution in [-0.4, -0.2) is 48.4 Å². The number of hydrogen-bond donors (Lipinski definition) is 2. The third-order valence-electron chi connectivity index (χ3n) is 4.30. The van der Waals surface area contributed by atoms with Gasteiger partial charge < -0.3 is 15.5 Å². The Kier molecular flexibility index (Phi) is 9.70. The first-order chi connectivity index (χ1) is 11.5. The summed E-state index contributed by atoms with van der Waals surface area (Å²) < 4.78 is 0. The van der Waals surface area contributed by atoms with Gasteiger partial charge in [0.15, 0.2) is 5.96 Å². The van der Waals surface area contributed by atoms with Crippen LogP contribution in [0.1, 0.15) is 47.7 Å². The van der Waals surface area contributed by atoms with Crippen molar-refractivity contribution in [3.05, 3.63) is 15.6 Å². The summed E-state index contributed by atoms with van der Waals surface area (Å²) in [7, 11) is 3.50. The highest BCUT2D eigenvalue weighted by atomic mass is 127. The Morgan fingerprint density at radius 1 is 1.28 bits per heavy atom. The molecular weight excluding hydrogens is 449 g/mol. The lowest BCUT2D eigenvalue weighted by Gasteiger charge is -2.25. The van der Waals surface area contributed by atoms with Crippen LogP contribution in [0, 0.1) is 13.8 Å². The van der Waals surface area contributed by atoms with E-state index in [1.807, 2.05) is 6.92 Å². The van der Waals surface area contributed by atoms with Crippen molar-refractivity contribution < 1.29 is 4.79 Å². The number of hydrogen-bond acceptors (Lipinski definition) is 4. The molecule has 0 spiro atoms. The minimum absolute atomic E-state index is 0. The quantitative estimate of drug-likeness (QED) is 0.387. The zero-order chi connectivity index (χ0) is 17.5. The molecule has 142 valence electrons. The minimum atomic E-state index is 0. The molecule has 0 atom stereocenters. The van der Waals surface area contributed by atoms with Gasteiger partial charge in [-0.3, -0.25) is 4.79 Å². The molecule has 25 heavy (non-hydrogen) atoms. The van der Waals surface area contributed by atoms with E-state index in [-0.39, 0.29) is 36.4 Å². The van der Waals surface area contributed by atoms with Gasteiger partial charge in [-0.05, 0) is 26.7 Å². The Balaban J connectivity index is 0.00000312. The van der Waals surface area contributed by atoms with Crippen LogP contribution in [0.2, 0.25) is 0 Å². The molecule has 1 aliphatic carbocycles. The zero-order valence-corrected chi connectivity index (χ0v) is 18.7. The third-order valence-corrected chi connectivity index (χ3v) is 5.37. The maximum absolute atomic E-state index is 11.8. The van der Waals surface area contributed by atoms with Crippen molar-refractivity contribution in [2.75, 3.05) is 20.6 Å². The Labute approximate surface area is 171 Å². The summed E-state index contributed by atoms with van der Waals surface area (Å²) in [5.74, 6) is 0.711. The molecule has 1 heterocycles. The Morgan fingerprint density at radius 2 is 1.96 bits per heavy atom. The topological polar surface area (TPSA) is 69.6 Å². The fourth-order valence-electron chi connectivity index (χ4n) is 2.66. The van der Waals surface area contributed by atoms with Crippen LogP contribution < -0.4 is 10.6 Å². The molecule has 0 radical (unpaired) electrons. The molecule has 0 aromatic carbocycles. The molecule has 1 aromatic heterocycles. The van der Waals surface area contributed by atoms with Crippen LogP contribution in [0.5, 0.6) is 0 Å². The molecule has 2 N–H and O–H groups in total. The van der Waals surface area contributed by atoms with Gasteiger partial charge in [0.25, 0.3) is 0 Å². The molecule has 1 amide bonds. The number of carbonyl (C=O) groups is 1. The highest BCUT2D eigenvalue weighted by Gasteiger charge is 2.15. The Bertz CT molecular complexity index is 562. The van der Waals surface area contributed by atoms with Crippen molar-refractivity contribution in [2.45, 2.75) is 58.5 Å². The molecule has 1 saturated carbocycles. The molecule has 8 heteroatoms. The van der Waals surface area contributed by atoms with Gasteiger partial charge in [0, 0.05) is 25.0 Å². The van der Waals surface area contributed by atoms with E-state index in [2.05, 4.69) is 27.5 Å². The normalized spacial score (nSPS) is 15.4. The number of amides is 1. The fourth-order valence-corrected chi connectivity index (χ4v) is 3.53. The lowest BCUT2D eigenvalue weighted by atomic mass is 9.96. The predicted octanol–water partition coefficient (Wildman–Crippen LogP) is 2.83. The molecule has 6 nitrogen and oxygen atoms in total. The van der Waals surface area contributed by atoms with Crippen molar-refractivity contribution in [3.8, 4) is 0 Å². The standard InChI is InChI=1S/C17H29N5OS.HI/c1-12-13(2)24-15(20-12)10-18-17(19-11-16(23)22(3)4)21-14-8-6-5-7-9-14;/h14H,5-11H2,1-4H3,(H2,18,19,21);1H. The van der Waals surface area contributed by atoms with Crippen LogP contribution in [0.25, 0.3) is 0 Å². The average molecular weight is 479 g/mol. The predicted molar refractivity (Wildman–Crippen MR) is 115 cm³/mol. The number of likely N-dealkylation sites (N-methyl/N-ethyl adjacent to an activating group) is 1. The first kappa shape index (κ1) is 22.1. The summed E-state index contributed by atoms with van der Waals surface area (Å²) in [4.78, 5) is 23.6. The molecular formula is C17H30IN5OS. The average Bonchev–Trinajstić information content (AvgIpc) is 2.88. The fraction of sp³-hybridized carbons (Fsp3) is 0.706. The van der Waals surface area contributed by atoms with Crippen LogP contribution in [0.15, 0.2) is 4.99 Å². The van der Waals surface area contributed by atoms with Gasteiger partial charge in [-0.15, -0.1) is 35.3 Å². The van der Waals surface area contributed by atoms with E-state index in [9.17, 15) is 4.79 Å². The number of aromatic nitrogens is 1. The number of nitrogens with zero attached hydrogens (tertiary/aromatic N) is 3. The highest BCUT2D eigenvalue weighted by Crippen LogP contribution is 2.18. The Morgan fingerprint density at radius 3 is 2.52 bits per heavy atom. The maximum atomic E-state index is 11.8. The van der Waals surface area contributed by atoms with Crippen molar-refractivity contribution in [2.24, 2.45) is 4.99 Å². The number of carbonyl (C=O) groups excluding carboxylic acids is 1. The highest BCUT2D eigenvalue weighted by molar-refractivity contribution is 14.0. The van der Waals surface area contributed by atoms with E-state index in [1.165, 1.54) is 24.1 Å². The van der Waals surface area contributed by atoms with E-state index in [4.69, 9.17) is 0 Å². The first-order valence-electron chi connectivity index (χ1n) is 8.63. The largest absolute Gasteiger partial charge is 0.354 e. The number of aryl methyl sites for hydroxylation is 2. The minimum Gasteiger partial charge on any atom is -0.354 e. The van der Waals surface area contributed by atoms with Crippen molar-refractivity contribution in [1.82, 2.24) is 20.5 Å². The van der Waals surface area contributed by atoms with Gasteiger partial charge in [0.1, 0.15) is 11.6 Å². The molecule has 1 fully saturated rings. The molecule has 0 aliphatic heterocycles. The second-order valence-corrected chi connectivity index (χ2v) is 7.82. The molecule has 1 aromatic rings. The van der Waals surface area contributed by atoms with Crippen molar-refractivity contribution in [1.29, 1.82) is 0 Å². The SMILES string of the molecule is Cc1nc(CNC(=NCC(=O)N(C)C)NC2CCCCC2)sc1C.I. The maximum Gasteiger partial charge on any atom is 0.243 e. The number of halogens is 1. The van der Waals surface area contributed by atoms with Gasteiger partial charge in [0.2, 0.25) is 5.91 Å². The summed E-state index contributed by atoms with van der Waals surface area (Å²) >= 11 is 1.70. The number of aliphatic imine (C=N–C) groups is 1. The number of guanidine groups is 1. The van der Waals surface area contributed by atoms with E-state index < -0.39 is 0 Å². The van der Waals surface area contributed by atoms with Gasteiger partial charge in [-0.25, -0.2) is 9.98 Å². The summed E-state index contributed by atoms with van der Waals surface area (Å²) in [6.07, 6.45) is 6.16. The lowest BCUT2D eigenvalue weighted by Crippen LogP contribution is -2.44. The molecule has 0 unspecified atom stereocenters. The van der Waals surface area contributed by atoms with Gasteiger partial charge >= 0.3 is 0 Å². The van der Waals surface area contributed by atoms with E-state index in [0.29, 0.717) is 18.5 Å². The van der Waals surface area contributed by atoms with Crippen LogP contribution in [0.4, 0.5) is 0 Å². The molecule has 2 rings (SSSR count). The monoisotopic (exact) mass is 479 g/mol. The molecule has 0 saturated heterocycles. The Hall–Kier alpha value is -0.900. The van der Waals surface area contributed by atoms with Gasteiger partial charge in [-0.2, -0.15) is 0 Å². The summed E-state index contributed by atoms with van der Waals surface area (Å²) in [5, 5.41) is 7.86. The number of rotatable bonds is 5. The van der Waals surface area contributed by atoms with Crippen LogP contribution in [-0.2, 0) is 11.3 Å². The van der Waals surface area contributed by atoms with E-state index >= 15 is 0 Å². The first-order valence-corrected chi connectivity index (χ1v) is 9.45. The molecule has 0 bridgehead atoms. The summed E-state index contributed by atoms with van der Waals surface area (Å²) in [5.41, 5.74) is 1.08. The van der Waals surface area contributed by atoms with Crippen LogP contribution in [0.3, 0.4) is 0 Å². The summed E-state index contributed by atoms with van der Waals surface area (Å²) in [6.45, 7) is 4.90. The van der Waals surface area contributed by atoms with Gasteiger partial charge in [0.05, 0.1) is 12.2 Å². The number of nitrogens with one attached hydrogen (secondary N) is 2. The summed E-state index contributed by atoms with van der Waals surface area (Å²) in [6, 6.07) is 0.444. The smallest absolute Gasteiger partial charge is 0.243 e. The molecule has 1 aliphatic rings. The third kappa shape index (κ3) is 7.47.